The normalized spacial score (nSPS) is 30.9. The van der Waals surface area contributed by atoms with Crippen LogP contribution >= 0.6 is 0 Å². The van der Waals surface area contributed by atoms with Crippen LogP contribution in [0.15, 0.2) is 0 Å². The van der Waals surface area contributed by atoms with Crippen molar-refractivity contribution in [2.45, 2.75) is 51.3 Å². The molecule has 0 aromatic carbocycles. The Balaban J connectivity index is 2.13. The minimum atomic E-state index is -0.313. The van der Waals surface area contributed by atoms with Crippen LogP contribution in [0.4, 0.5) is 0 Å². The van der Waals surface area contributed by atoms with Gasteiger partial charge in [-0.3, -0.25) is 9.59 Å². The Hall–Kier alpha value is -1.10. The van der Waals surface area contributed by atoms with Gasteiger partial charge < -0.3 is 15.0 Å². The summed E-state index contributed by atoms with van der Waals surface area (Å²) >= 11 is 0. The Morgan fingerprint density at radius 3 is 2.67 bits per heavy atom. The molecule has 1 heterocycles. The van der Waals surface area contributed by atoms with E-state index in [0.29, 0.717) is 18.9 Å². The largest absolute Gasteiger partial charge is 0.380 e. The molecule has 0 bridgehead atoms. The van der Waals surface area contributed by atoms with Gasteiger partial charge in [-0.15, -0.1) is 0 Å². The van der Waals surface area contributed by atoms with Crippen molar-refractivity contribution in [2.75, 3.05) is 13.7 Å². The van der Waals surface area contributed by atoms with Gasteiger partial charge >= 0.3 is 0 Å². The number of hydrogen-bond donors (Lipinski definition) is 1. The van der Waals surface area contributed by atoms with E-state index in [9.17, 15) is 9.59 Å². The summed E-state index contributed by atoms with van der Waals surface area (Å²) in [5.74, 6) is 0.382. The van der Waals surface area contributed by atoms with E-state index in [2.05, 4.69) is 5.32 Å². The summed E-state index contributed by atoms with van der Waals surface area (Å²) in [6.07, 6.45) is 2.45. The standard InChI is InChI=1S/C13H22N2O3/c1-8-6-11(16)14-12(10-4-5-10)13(17)15(8)7-9(2)18-3/h8-10,12H,4-7H2,1-3H3,(H,14,16). The number of ether oxygens (including phenoxy) is 1. The monoisotopic (exact) mass is 254 g/mol. The number of carbonyl (C=O) groups excluding carboxylic acids is 2. The quantitative estimate of drug-likeness (QED) is 0.796. The molecular formula is C13H22N2O3. The van der Waals surface area contributed by atoms with Gasteiger partial charge in [0.1, 0.15) is 6.04 Å². The van der Waals surface area contributed by atoms with Crippen LogP contribution in [0.1, 0.15) is 33.1 Å². The van der Waals surface area contributed by atoms with Crippen molar-refractivity contribution in [1.29, 1.82) is 0 Å². The Kier molecular flexibility index (Phi) is 3.90. The van der Waals surface area contributed by atoms with Gasteiger partial charge in [0, 0.05) is 26.1 Å². The number of hydrogen-bond acceptors (Lipinski definition) is 3. The molecule has 2 amide bonds. The number of nitrogens with one attached hydrogen (secondary N) is 1. The predicted molar refractivity (Wildman–Crippen MR) is 66.9 cm³/mol. The van der Waals surface area contributed by atoms with Gasteiger partial charge in [0.2, 0.25) is 11.8 Å². The molecule has 102 valence electrons. The number of carbonyl (C=O) groups is 2. The van der Waals surface area contributed by atoms with Crippen molar-refractivity contribution < 1.29 is 14.3 Å². The van der Waals surface area contributed by atoms with Crippen LogP contribution in [-0.2, 0) is 14.3 Å². The third-order valence-electron chi connectivity index (χ3n) is 3.83. The van der Waals surface area contributed by atoms with Crippen LogP contribution in [-0.4, -0.2) is 48.6 Å². The topological polar surface area (TPSA) is 58.6 Å². The molecule has 1 N–H and O–H groups in total. The first-order chi connectivity index (χ1) is 8.52. The van der Waals surface area contributed by atoms with Gasteiger partial charge in [-0.05, 0) is 32.6 Å². The van der Waals surface area contributed by atoms with E-state index in [1.54, 1.807) is 12.0 Å². The van der Waals surface area contributed by atoms with E-state index >= 15 is 0 Å². The molecule has 0 radical (unpaired) electrons. The molecule has 0 aromatic rings. The summed E-state index contributed by atoms with van der Waals surface area (Å²) in [5.41, 5.74) is 0. The molecule has 2 fully saturated rings. The highest BCUT2D eigenvalue weighted by Gasteiger charge is 2.42. The smallest absolute Gasteiger partial charge is 0.245 e. The van der Waals surface area contributed by atoms with E-state index in [4.69, 9.17) is 4.74 Å². The summed E-state index contributed by atoms with van der Waals surface area (Å²) < 4.78 is 5.23. The van der Waals surface area contributed by atoms with Crippen molar-refractivity contribution in [3.05, 3.63) is 0 Å². The van der Waals surface area contributed by atoms with Crippen LogP contribution in [0.25, 0.3) is 0 Å². The minimum Gasteiger partial charge on any atom is -0.380 e. The molecular weight excluding hydrogens is 232 g/mol. The fourth-order valence-corrected chi connectivity index (χ4v) is 2.44. The molecule has 0 spiro atoms. The molecule has 1 aliphatic carbocycles. The Labute approximate surface area is 108 Å². The van der Waals surface area contributed by atoms with Gasteiger partial charge in [-0.25, -0.2) is 0 Å². The van der Waals surface area contributed by atoms with Crippen molar-refractivity contribution in [3.8, 4) is 0 Å². The molecule has 3 atom stereocenters. The zero-order valence-electron chi connectivity index (χ0n) is 11.3. The zero-order chi connectivity index (χ0) is 13.3. The fourth-order valence-electron chi connectivity index (χ4n) is 2.44. The maximum Gasteiger partial charge on any atom is 0.245 e. The molecule has 18 heavy (non-hydrogen) atoms. The van der Waals surface area contributed by atoms with Crippen LogP contribution < -0.4 is 5.32 Å². The number of methoxy groups -OCH3 is 1. The van der Waals surface area contributed by atoms with Crippen molar-refractivity contribution in [1.82, 2.24) is 10.2 Å². The van der Waals surface area contributed by atoms with Crippen LogP contribution in [0.5, 0.6) is 0 Å². The predicted octanol–water partition coefficient (Wildman–Crippen LogP) is 0.537. The van der Waals surface area contributed by atoms with E-state index in [1.807, 2.05) is 13.8 Å². The van der Waals surface area contributed by atoms with Crippen molar-refractivity contribution in [2.24, 2.45) is 5.92 Å². The summed E-state index contributed by atoms with van der Waals surface area (Å²) in [6, 6.07) is -0.370. The van der Waals surface area contributed by atoms with Gasteiger partial charge in [0.15, 0.2) is 0 Å². The lowest BCUT2D eigenvalue weighted by Crippen LogP contribution is -2.49. The highest BCUT2D eigenvalue weighted by atomic mass is 16.5. The van der Waals surface area contributed by atoms with E-state index < -0.39 is 0 Å². The van der Waals surface area contributed by atoms with Gasteiger partial charge in [-0.1, -0.05) is 0 Å². The molecule has 1 saturated heterocycles. The number of rotatable bonds is 4. The zero-order valence-corrected chi connectivity index (χ0v) is 11.3. The van der Waals surface area contributed by atoms with Crippen molar-refractivity contribution in [3.63, 3.8) is 0 Å². The summed E-state index contributed by atoms with van der Waals surface area (Å²) in [7, 11) is 1.64. The molecule has 0 aromatic heterocycles. The van der Waals surface area contributed by atoms with E-state index in [-0.39, 0.29) is 30.0 Å². The second-order valence-electron chi connectivity index (χ2n) is 5.47. The first-order valence-electron chi connectivity index (χ1n) is 6.65. The second kappa shape index (κ2) is 5.26. The Bertz CT molecular complexity index is 341. The third-order valence-corrected chi connectivity index (χ3v) is 3.83. The maximum atomic E-state index is 12.5. The van der Waals surface area contributed by atoms with Crippen LogP contribution in [0.3, 0.4) is 0 Å². The molecule has 3 unspecified atom stereocenters. The Morgan fingerprint density at radius 1 is 1.44 bits per heavy atom. The van der Waals surface area contributed by atoms with Crippen LogP contribution in [0.2, 0.25) is 0 Å². The summed E-state index contributed by atoms with van der Waals surface area (Å²) in [6.45, 7) is 4.41. The summed E-state index contributed by atoms with van der Waals surface area (Å²) in [4.78, 5) is 26.1. The minimum absolute atomic E-state index is 0.00976. The maximum absolute atomic E-state index is 12.5. The fraction of sp³-hybridized carbons (Fsp3) is 0.846. The van der Waals surface area contributed by atoms with Gasteiger partial charge in [0.05, 0.1) is 6.10 Å². The molecule has 1 aliphatic heterocycles. The first-order valence-corrected chi connectivity index (χ1v) is 6.65. The molecule has 2 aliphatic rings. The SMILES string of the molecule is COC(C)CN1C(=O)C(C2CC2)NC(=O)CC1C. The van der Waals surface area contributed by atoms with Gasteiger partial charge in [-0.2, -0.15) is 0 Å². The lowest BCUT2D eigenvalue weighted by Gasteiger charge is -2.30. The highest BCUT2D eigenvalue weighted by molar-refractivity contribution is 5.91. The lowest BCUT2D eigenvalue weighted by molar-refractivity contribution is -0.137. The van der Waals surface area contributed by atoms with Gasteiger partial charge in [0.25, 0.3) is 0 Å². The lowest BCUT2D eigenvalue weighted by atomic mass is 10.1. The van der Waals surface area contributed by atoms with E-state index in [0.717, 1.165) is 12.8 Å². The molecule has 5 heteroatoms. The van der Waals surface area contributed by atoms with Crippen LogP contribution in [0, 0.1) is 5.92 Å². The third kappa shape index (κ3) is 2.83. The highest BCUT2D eigenvalue weighted by Crippen LogP contribution is 2.34. The average Bonchev–Trinajstić information content (AvgIpc) is 3.15. The number of nitrogens with zero attached hydrogens (tertiary/aromatic N) is 1. The van der Waals surface area contributed by atoms with Crippen molar-refractivity contribution >= 4 is 11.8 Å². The first kappa shape index (κ1) is 13.3. The Morgan fingerprint density at radius 2 is 2.11 bits per heavy atom. The second-order valence-corrected chi connectivity index (χ2v) is 5.47. The average molecular weight is 254 g/mol. The molecule has 2 rings (SSSR count). The molecule has 1 saturated carbocycles. The summed E-state index contributed by atoms with van der Waals surface area (Å²) in [5, 5.41) is 2.87. The van der Waals surface area contributed by atoms with E-state index in [1.165, 1.54) is 0 Å². The molecule has 5 nitrogen and oxygen atoms in total. The number of amides is 2.